The summed E-state index contributed by atoms with van der Waals surface area (Å²) in [5, 5.41) is 9.73. The number of aryl methyl sites for hydroxylation is 1. The number of aliphatic hydroxyl groups excluding tert-OH is 1. The van der Waals surface area contributed by atoms with Gasteiger partial charge in [0.15, 0.2) is 0 Å². The van der Waals surface area contributed by atoms with Crippen molar-refractivity contribution >= 4 is 15.9 Å². The van der Waals surface area contributed by atoms with Crippen molar-refractivity contribution in [1.82, 2.24) is 0 Å². The summed E-state index contributed by atoms with van der Waals surface area (Å²) in [6.45, 7) is 4.28. The molecule has 0 spiro atoms. The van der Waals surface area contributed by atoms with Crippen LogP contribution in [0.5, 0.6) is 0 Å². The average Bonchev–Trinajstić information content (AvgIpc) is 2.16. The first-order valence-electron chi connectivity index (χ1n) is 5.50. The Kier molecular flexibility index (Phi) is 5.34. The Balaban J connectivity index is 2.33. The minimum absolute atomic E-state index is 0.159. The Morgan fingerprint density at radius 3 is 2.33 bits per heavy atom. The third-order valence-electron chi connectivity index (χ3n) is 2.42. The van der Waals surface area contributed by atoms with Crippen LogP contribution < -0.4 is 0 Å². The Hall–Kier alpha value is -0.340. The van der Waals surface area contributed by atoms with E-state index in [0.717, 1.165) is 23.7 Å². The molecule has 0 amide bonds. The van der Waals surface area contributed by atoms with Crippen molar-refractivity contribution in [2.24, 2.45) is 5.92 Å². The molecule has 1 rings (SSSR count). The fourth-order valence-corrected chi connectivity index (χ4v) is 1.91. The lowest BCUT2D eigenvalue weighted by molar-refractivity contribution is 0.140. The summed E-state index contributed by atoms with van der Waals surface area (Å²) in [4.78, 5) is 0. The molecule has 0 aliphatic carbocycles. The molecule has 0 heterocycles. The minimum atomic E-state index is -0.159. The van der Waals surface area contributed by atoms with Gasteiger partial charge in [-0.2, -0.15) is 0 Å². The lowest BCUT2D eigenvalue weighted by Crippen LogP contribution is -2.11. The Bertz CT molecular complexity index is 279. The molecule has 2 heteroatoms. The highest BCUT2D eigenvalue weighted by atomic mass is 79.9. The number of aliphatic hydroxyl groups is 1. The van der Waals surface area contributed by atoms with Gasteiger partial charge in [-0.15, -0.1) is 0 Å². The molecule has 0 radical (unpaired) electrons. The molecule has 1 aromatic carbocycles. The van der Waals surface area contributed by atoms with E-state index in [4.69, 9.17) is 0 Å². The fraction of sp³-hybridized carbons (Fsp3) is 0.538. The zero-order chi connectivity index (χ0) is 11.3. The zero-order valence-corrected chi connectivity index (χ0v) is 11.0. The van der Waals surface area contributed by atoms with Crippen molar-refractivity contribution < 1.29 is 5.11 Å². The average molecular weight is 271 g/mol. The van der Waals surface area contributed by atoms with Gasteiger partial charge < -0.3 is 5.11 Å². The third kappa shape index (κ3) is 5.33. The Labute approximate surface area is 101 Å². The molecule has 0 bridgehead atoms. The molecular formula is C13H19BrO. The molecule has 1 aromatic rings. The number of hydrogen-bond donors (Lipinski definition) is 1. The van der Waals surface area contributed by atoms with Gasteiger partial charge in [0.25, 0.3) is 0 Å². The Morgan fingerprint density at radius 2 is 1.80 bits per heavy atom. The van der Waals surface area contributed by atoms with Gasteiger partial charge in [-0.3, -0.25) is 0 Å². The van der Waals surface area contributed by atoms with Crippen LogP contribution >= 0.6 is 15.9 Å². The SMILES string of the molecule is CC(C)CC(O)CCc1ccc(Br)cc1. The fourth-order valence-electron chi connectivity index (χ4n) is 1.65. The molecule has 0 aliphatic heterocycles. The van der Waals surface area contributed by atoms with E-state index in [1.54, 1.807) is 0 Å². The molecular weight excluding hydrogens is 252 g/mol. The second kappa shape index (κ2) is 6.29. The van der Waals surface area contributed by atoms with Gasteiger partial charge >= 0.3 is 0 Å². The normalized spacial score (nSPS) is 13.1. The molecule has 0 saturated heterocycles. The van der Waals surface area contributed by atoms with Crippen molar-refractivity contribution in [2.75, 3.05) is 0 Å². The van der Waals surface area contributed by atoms with Crippen LogP contribution in [0.25, 0.3) is 0 Å². The first-order chi connectivity index (χ1) is 7.08. The predicted molar refractivity (Wildman–Crippen MR) is 67.9 cm³/mol. The molecule has 1 unspecified atom stereocenters. The lowest BCUT2D eigenvalue weighted by atomic mass is 10.00. The molecule has 0 saturated carbocycles. The molecule has 0 aromatic heterocycles. The van der Waals surface area contributed by atoms with Crippen molar-refractivity contribution in [3.63, 3.8) is 0 Å². The van der Waals surface area contributed by atoms with E-state index in [-0.39, 0.29) is 6.10 Å². The van der Waals surface area contributed by atoms with Crippen LogP contribution in [0.2, 0.25) is 0 Å². The molecule has 15 heavy (non-hydrogen) atoms. The van der Waals surface area contributed by atoms with Gasteiger partial charge in [-0.05, 0) is 42.9 Å². The highest BCUT2D eigenvalue weighted by Gasteiger charge is 2.06. The summed E-state index contributed by atoms with van der Waals surface area (Å²) >= 11 is 3.41. The summed E-state index contributed by atoms with van der Waals surface area (Å²) in [7, 11) is 0. The van der Waals surface area contributed by atoms with Crippen LogP contribution in [0.1, 0.15) is 32.3 Å². The monoisotopic (exact) mass is 270 g/mol. The number of halogens is 1. The predicted octanol–water partition coefficient (Wildman–Crippen LogP) is 3.79. The van der Waals surface area contributed by atoms with Crippen molar-refractivity contribution in [2.45, 2.75) is 39.2 Å². The van der Waals surface area contributed by atoms with Crippen molar-refractivity contribution in [3.8, 4) is 0 Å². The van der Waals surface area contributed by atoms with Crippen LogP contribution in [-0.2, 0) is 6.42 Å². The molecule has 1 atom stereocenters. The minimum Gasteiger partial charge on any atom is -0.393 e. The molecule has 84 valence electrons. The van der Waals surface area contributed by atoms with E-state index in [1.807, 2.05) is 12.1 Å². The number of rotatable bonds is 5. The van der Waals surface area contributed by atoms with E-state index in [1.165, 1.54) is 5.56 Å². The first kappa shape index (κ1) is 12.7. The largest absolute Gasteiger partial charge is 0.393 e. The summed E-state index contributed by atoms with van der Waals surface area (Å²) < 4.78 is 1.11. The molecule has 1 nitrogen and oxygen atoms in total. The summed E-state index contributed by atoms with van der Waals surface area (Å²) in [5.41, 5.74) is 1.29. The van der Waals surface area contributed by atoms with Gasteiger partial charge in [-0.1, -0.05) is 41.9 Å². The maximum atomic E-state index is 9.73. The number of hydrogen-bond acceptors (Lipinski definition) is 1. The van der Waals surface area contributed by atoms with Gasteiger partial charge in [0.2, 0.25) is 0 Å². The van der Waals surface area contributed by atoms with Crippen LogP contribution in [0.3, 0.4) is 0 Å². The van der Waals surface area contributed by atoms with Crippen LogP contribution in [0.15, 0.2) is 28.7 Å². The summed E-state index contributed by atoms with van der Waals surface area (Å²) in [6, 6.07) is 8.30. The quantitative estimate of drug-likeness (QED) is 0.863. The van der Waals surface area contributed by atoms with Gasteiger partial charge in [0.05, 0.1) is 6.10 Å². The van der Waals surface area contributed by atoms with Crippen LogP contribution in [0, 0.1) is 5.92 Å². The molecule has 0 fully saturated rings. The van der Waals surface area contributed by atoms with E-state index < -0.39 is 0 Å². The highest BCUT2D eigenvalue weighted by molar-refractivity contribution is 9.10. The standard InChI is InChI=1S/C13H19BrO/c1-10(2)9-13(15)8-5-11-3-6-12(14)7-4-11/h3-4,6-7,10,13,15H,5,8-9H2,1-2H3. The van der Waals surface area contributed by atoms with E-state index in [9.17, 15) is 5.11 Å². The first-order valence-corrected chi connectivity index (χ1v) is 6.29. The second-order valence-corrected chi connectivity index (χ2v) is 5.36. The van der Waals surface area contributed by atoms with Crippen LogP contribution in [-0.4, -0.2) is 11.2 Å². The highest BCUT2D eigenvalue weighted by Crippen LogP contribution is 2.14. The second-order valence-electron chi connectivity index (χ2n) is 4.45. The third-order valence-corrected chi connectivity index (χ3v) is 2.95. The Morgan fingerprint density at radius 1 is 1.20 bits per heavy atom. The van der Waals surface area contributed by atoms with Crippen molar-refractivity contribution in [1.29, 1.82) is 0 Å². The van der Waals surface area contributed by atoms with Gasteiger partial charge in [-0.25, -0.2) is 0 Å². The van der Waals surface area contributed by atoms with E-state index in [0.29, 0.717) is 5.92 Å². The maximum Gasteiger partial charge on any atom is 0.0545 e. The van der Waals surface area contributed by atoms with E-state index in [2.05, 4.69) is 41.9 Å². The molecule has 0 aliphatic rings. The maximum absolute atomic E-state index is 9.73. The summed E-state index contributed by atoms with van der Waals surface area (Å²) in [5.74, 6) is 0.574. The lowest BCUT2D eigenvalue weighted by Gasteiger charge is -2.12. The van der Waals surface area contributed by atoms with Gasteiger partial charge in [0, 0.05) is 4.47 Å². The smallest absolute Gasteiger partial charge is 0.0545 e. The summed E-state index contributed by atoms with van der Waals surface area (Å²) in [6.07, 6.45) is 2.56. The molecule has 1 N–H and O–H groups in total. The topological polar surface area (TPSA) is 20.2 Å². The van der Waals surface area contributed by atoms with Crippen molar-refractivity contribution in [3.05, 3.63) is 34.3 Å². The number of benzene rings is 1. The van der Waals surface area contributed by atoms with E-state index >= 15 is 0 Å². The van der Waals surface area contributed by atoms with Gasteiger partial charge in [0.1, 0.15) is 0 Å². The van der Waals surface area contributed by atoms with Crippen LogP contribution in [0.4, 0.5) is 0 Å². The zero-order valence-electron chi connectivity index (χ0n) is 9.41.